The van der Waals surface area contributed by atoms with E-state index in [4.69, 9.17) is 21.1 Å². The Kier molecular flexibility index (Phi) is 5.15. The average molecular weight is 229 g/mol. The van der Waals surface area contributed by atoms with Crippen LogP contribution in [0.3, 0.4) is 0 Å². The fraction of sp³-hybridized carbons (Fsp3) is 0.364. The molecule has 0 radical (unpaired) electrons. The third-order valence-electron chi connectivity index (χ3n) is 1.71. The van der Waals surface area contributed by atoms with Crippen molar-refractivity contribution in [3.63, 3.8) is 0 Å². The first-order chi connectivity index (χ1) is 7.22. The number of hydrogen-bond acceptors (Lipinski definition) is 3. The highest BCUT2D eigenvalue weighted by molar-refractivity contribution is 6.30. The predicted molar refractivity (Wildman–Crippen MR) is 57.7 cm³/mol. The van der Waals surface area contributed by atoms with E-state index in [9.17, 15) is 4.79 Å². The number of halogens is 1. The standard InChI is InChI=1S/C11H13ClO3/c1-2-15-11(13)8-14-7-9-3-5-10(12)6-4-9/h3-6H,2,7-8H2,1H3. The average Bonchev–Trinajstić information content (AvgIpc) is 2.21. The van der Waals surface area contributed by atoms with E-state index in [-0.39, 0.29) is 12.6 Å². The van der Waals surface area contributed by atoms with Gasteiger partial charge in [0, 0.05) is 5.02 Å². The lowest BCUT2D eigenvalue weighted by Gasteiger charge is -2.04. The first kappa shape index (κ1) is 12.0. The second kappa shape index (κ2) is 6.43. The molecule has 82 valence electrons. The quantitative estimate of drug-likeness (QED) is 0.726. The van der Waals surface area contributed by atoms with Gasteiger partial charge >= 0.3 is 5.97 Å². The lowest BCUT2D eigenvalue weighted by molar-refractivity contribution is -0.148. The molecule has 0 aliphatic rings. The Bertz CT molecular complexity index is 308. The van der Waals surface area contributed by atoms with Gasteiger partial charge in [0.1, 0.15) is 6.61 Å². The number of hydrogen-bond donors (Lipinski definition) is 0. The van der Waals surface area contributed by atoms with Crippen molar-refractivity contribution in [2.45, 2.75) is 13.5 Å². The SMILES string of the molecule is CCOC(=O)COCc1ccc(Cl)cc1. The summed E-state index contributed by atoms with van der Waals surface area (Å²) < 4.78 is 9.87. The molecule has 3 nitrogen and oxygen atoms in total. The van der Waals surface area contributed by atoms with Crippen LogP contribution in [0.4, 0.5) is 0 Å². The van der Waals surface area contributed by atoms with Gasteiger partial charge in [-0.05, 0) is 24.6 Å². The van der Waals surface area contributed by atoms with Crippen molar-refractivity contribution < 1.29 is 14.3 Å². The lowest BCUT2D eigenvalue weighted by Crippen LogP contribution is -2.12. The number of carbonyl (C=O) groups is 1. The molecule has 4 heteroatoms. The van der Waals surface area contributed by atoms with Gasteiger partial charge in [-0.2, -0.15) is 0 Å². The van der Waals surface area contributed by atoms with Crippen molar-refractivity contribution in [3.8, 4) is 0 Å². The summed E-state index contributed by atoms with van der Waals surface area (Å²) >= 11 is 5.72. The van der Waals surface area contributed by atoms with Crippen LogP contribution in [0.5, 0.6) is 0 Å². The Morgan fingerprint density at radius 2 is 2.00 bits per heavy atom. The van der Waals surface area contributed by atoms with E-state index in [1.54, 1.807) is 19.1 Å². The van der Waals surface area contributed by atoms with Gasteiger partial charge in [0.25, 0.3) is 0 Å². The molecule has 0 bridgehead atoms. The zero-order chi connectivity index (χ0) is 11.1. The summed E-state index contributed by atoms with van der Waals surface area (Å²) in [7, 11) is 0. The predicted octanol–water partition coefficient (Wildman–Crippen LogP) is 2.42. The molecule has 0 saturated carbocycles. The molecule has 0 saturated heterocycles. The fourth-order valence-corrected chi connectivity index (χ4v) is 1.16. The van der Waals surface area contributed by atoms with Crippen molar-refractivity contribution in [1.82, 2.24) is 0 Å². The summed E-state index contributed by atoms with van der Waals surface area (Å²) in [6.07, 6.45) is 0. The first-order valence-electron chi connectivity index (χ1n) is 4.70. The topological polar surface area (TPSA) is 35.5 Å². The van der Waals surface area contributed by atoms with Gasteiger partial charge < -0.3 is 9.47 Å². The maximum atomic E-state index is 10.9. The number of esters is 1. The van der Waals surface area contributed by atoms with E-state index in [0.29, 0.717) is 18.2 Å². The highest BCUT2D eigenvalue weighted by Crippen LogP contribution is 2.10. The molecule has 0 unspecified atom stereocenters. The minimum atomic E-state index is -0.341. The van der Waals surface area contributed by atoms with Crippen molar-refractivity contribution in [3.05, 3.63) is 34.9 Å². The summed E-state index contributed by atoms with van der Waals surface area (Å²) in [6, 6.07) is 7.27. The Labute approximate surface area is 93.9 Å². The third kappa shape index (κ3) is 4.81. The molecule has 0 fully saturated rings. The highest BCUT2D eigenvalue weighted by atomic mass is 35.5. The van der Waals surface area contributed by atoms with Crippen LogP contribution in [0, 0.1) is 0 Å². The molecule has 0 aliphatic carbocycles. The van der Waals surface area contributed by atoms with Gasteiger partial charge in [0.15, 0.2) is 0 Å². The maximum absolute atomic E-state index is 10.9. The molecule has 0 amide bonds. The van der Waals surface area contributed by atoms with Crippen molar-refractivity contribution in [1.29, 1.82) is 0 Å². The largest absolute Gasteiger partial charge is 0.464 e. The van der Waals surface area contributed by atoms with Crippen LogP contribution in [-0.2, 0) is 20.9 Å². The van der Waals surface area contributed by atoms with Crippen molar-refractivity contribution in [2.24, 2.45) is 0 Å². The molecule has 0 heterocycles. The van der Waals surface area contributed by atoms with Crippen molar-refractivity contribution in [2.75, 3.05) is 13.2 Å². The first-order valence-corrected chi connectivity index (χ1v) is 5.08. The molecule has 0 aromatic heterocycles. The molecule has 1 rings (SSSR count). The van der Waals surface area contributed by atoms with Gasteiger partial charge in [-0.3, -0.25) is 0 Å². The molecular formula is C11H13ClO3. The number of carbonyl (C=O) groups excluding carboxylic acids is 1. The molecule has 0 N–H and O–H groups in total. The van der Waals surface area contributed by atoms with Crippen LogP contribution < -0.4 is 0 Å². The zero-order valence-corrected chi connectivity index (χ0v) is 9.29. The van der Waals surface area contributed by atoms with Gasteiger partial charge in [-0.15, -0.1) is 0 Å². The highest BCUT2D eigenvalue weighted by Gasteiger charge is 2.01. The normalized spacial score (nSPS) is 10.0. The molecule has 0 spiro atoms. The molecule has 0 aliphatic heterocycles. The number of ether oxygens (including phenoxy) is 2. The summed E-state index contributed by atoms with van der Waals surface area (Å²) in [4.78, 5) is 10.9. The summed E-state index contributed by atoms with van der Waals surface area (Å²) in [6.45, 7) is 2.51. The van der Waals surface area contributed by atoms with E-state index in [0.717, 1.165) is 5.56 Å². The summed E-state index contributed by atoms with van der Waals surface area (Å²) in [5, 5.41) is 0.684. The fourth-order valence-electron chi connectivity index (χ4n) is 1.04. The van der Waals surface area contributed by atoms with E-state index in [1.165, 1.54) is 0 Å². The van der Waals surface area contributed by atoms with Gasteiger partial charge in [-0.1, -0.05) is 23.7 Å². The minimum Gasteiger partial charge on any atom is -0.464 e. The maximum Gasteiger partial charge on any atom is 0.332 e. The van der Waals surface area contributed by atoms with Crippen LogP contribution in [-0.4, -0.2) is 19.2 Å². The zero-order valence-electron chi connectivity index (χ0n) is 8.53. The second-order valence-electron chi connectivity index (χ2n) is 2.92. The monoisotopic (exact) mass is 228 g/mol. The smallest absolute Gasteiger partial charge is 0.332 e. The Balaban J connectivity index is 2.26. The molecule has 1 aromatic rings. The van der Waals surface area contributed by atoms with E-state index < -0.39 is 0 Å². The van der Waals surface area contributed by atoms with E-state index in [2.05, 4.69) is 0 Å². The van der Waals surface area contributed by atoms with Crippen LogP contribution in [0.15, 0.2) is 24.3 Å². The number of benzene rings is 1. The Morgan fingerprint density at radius 1 is 1.33 bits per heavy atom. The van der Waals surface area contributed by atoms with Crippen LogP contribution in [0.2, 0.25) is 5.02 Å². The summed E-state index contributed by atoms with van der Waals surface area (Å²) in [5.74, 6) is -0.341. The van der Waals surface area contributed by atoms with E-state index >= 15 is 0 Å². The third-order valence-corrected chi connectivity index (χ3v) is 1.96. The molecule has 15 heavy (non-hydrogen) atoms. The van der Waals surface area contributed by atoms with Crippen LogP contribution in [0.25, 0.3) is 0 Å². The molecule has 1 aromatic carbocycles. The molecular weight excluding hydrogens is 216 g/mol. The van der Waals surface area contributed by atoms with Gasteiger partial charge in [0.2, 0.25) is 0 Å². The Morgan fingerprint density at radius 3 is 2.60 bits per heavy atom. The van der Waals surface area contributed by atoms with Gasteiger partial charge in [0.05, 0.1) is 13.2 Å². The van der Waals surface area contributed by atoms with Crippen LogP contribution in [0.1, 0.15) is 12.5 Å². The molecule has 0 atom stereocenters. The summed E-state index contributed by atoms with van der Waals surface area (Å²) in [5.41, 5.74) is 0.976. The Hall–Kier alpha value is -1.06. The minimum absolute atomic E-state index is 0.0174. The lowest BCUT2D eigenvalue weighted by atomic mass is 10.2. The van der Waals surface area contributed by atoms with Crippen molar-refractivity contribution >= 4 is 17.6 Å². The van der Waals surface area contributed by atoms with Crippen LogP contribution >= 0.6 is 11.6 Å². The van der Waals surface area contributed by atoms with E-state index in [1.807, 2.05) is 12.1 Å². The number of rotatable bonds is 5. The van der Waals surface area contributed by atoms with Gasteiger partial charge in [-0.25, -0.2) is 4.79 Å². The second-order valence-corrected chi connectivity index (χ2v) is 3.36.